The van der Waals surface area contributed by atoms with Gasteiger partial charge in [-0.3, -0.25) is 9.78 Å². The van der Waals surface area contributed by atoms with Gasteiger partial charge in [0.2, 0.25) is 5.91 Å². The van der Waals surface area contributed by atoms with E-state index in [-0.39, 0.29) is 12.3 Å². The van der Waals surface area contributed by atoms with Crippen LogP contribution in [0.1, 0.15) is 38.8 Å². The van der Waals surface area contributed by atoms with Crippen LogP contribution in [0.5, 0.6) is 0 Å². The van der Waals surface area contributed by atoms with Gasteiger partial charge in [-0.2, -0.15) is 11.3 Å². The van der Waals surface area contributed by atoms with Gasteiger partial charge in [-0.1, -0.05) is 6.07 Å². The lowest BCUT2D eigenvalue weighted by atomic mass is 10.1. The fourth-order valence-electron chi connectivity index (χ4n) is 2.73. The molecule has 3 aromatic rings. The van der Waals surface area contributed by atoms with Gasteiger partial charge in [0, 0.05) is 23.5 Å². The topological polar surface area (TPSA) is 80.3 Å². The first kappa shape index (κ1) is 19.8. The number of carbonyl (C=O) groups is 2. The number of pyridine rings is 1. The van der Waals surface area contributed by atoms with Crippen molar-refractivity contribution in [3.63, 3.8) is 0 Å². The van der Waals surface area contributed by atoms with E-state index in [2.05, 4.69) is 15.6 Å². The number of ether oxygens (including phenoxy) is 1. The lowest BCUT2D eigenvalue weighted by Crippen LogP contribution is -2.36. The number of nitrogens with one attached hydrogen (secondary N) is 2. The molecule has 0 bridgehead atoms. The zero-order valence-corrected chi connectivity index (χ0v) is 16.9. The third-order valence-electron chi connectivity index (χ3n) is 3.95. The van der Waals surface area contributed by atoms with Gasteiger partial charge in [0.05, 0.1) is 12.5 Å². The molecule has 2 N–H and O–H groups in total. The summed E-state index contributed by atoms with van der Waals surface area (Å²) in [6.45, 7) is 5.40. The largest absolute Gasteiger partial charge is 0.444 e. The van der Waals surface area contributed by atoms with Crippen LogP contribution < -0.4 is 10.6 Å². The average Bonchev–Trinajstić information content (AvgIpc) is 3.14. The third kappa shape index (κ3) is 5.53. The van der Waals surface area contributed by atoms with E-state index in [1.807, 2.05) is 41.1 Å². The second kappa shape index (κ2) is 8.39. The van der Waals surface area contributed by atoms with Crippen molar-refractivity contribution in [2.45, 2.75) is 38.8 Å². The Morgan fingerprint density at radius 1 is 1.18 bits per heavy atom. The summed E-state index contributed by atoms with van der Waals surface area (Å²) in [5, 5.41) is 11.5. The molecule has 1 atom stereocenters. The van der Waals surface area contributed by atoms with Gasteiger partial charge in [-0.15, -0.1) is 0 Å². The van der Waals surface area contributed by atoms with Crippen LogP contribution in [0, 0.1) is 0 Å². The normalized spacial score (nSPS) is 12.4. The van der Waals surface area contributed by atoms with E-state index in [1.54, 1.807) is 33.2 Å². The first-order valence-electron chi connectivity index (χ1n) is 8.95. The smallest absolute Gasteiger partial charge is 0.408 e. The fourth-order valence-corrected chi connectivity index (χ4v) is 3.45. The minimum Gasteiger partial charge on any atom is -0.444 e. The maximum atomic E-state index is 12.6. The number of fused-ring (bicyclic) bond motifs is 1. The number of amides is 2. The molecular weight excluding hydrogens is 374 g/mol. The van der Waals surface area contributed by atoms with Crippen LogP contribution in [0.15, 0.2) is 53.5 Å². The molecule has 0 saturated carbocycles. The van der Waals surface area contributed by atoms with E-state index in [0.717, 1.165) is 16.3 Å². The lowest BCUT2D eigenvalue weighted by Gasteiger charge is -2.23. The highest BCUT2D eigenvalue weighted by atomic mass is 32.1. The molecule has 3 rings (SSSR count). The predicted molar refractivity (Wildman–Crippen MR) is 111 cm³/mol. The molecule has 7 heteroatoms. The Morgan fingerprint density at radius 3 is 2.71 bits per heavy atom. The summed E-state index contributed by atoms with van der Waals surface area (Å²) in [5.41, 5.74) is 0.964. The molecule has 2 amide bonds. The van der Waals surface area contributed by atoms with E-state index >= 15 is 0 Å². The van der Waals surface area contributed by atoms with E-state index in [4.69, 9.17) is 4.74 Å². The summed E-state index contributed by atoms with van der Waals surface area (Å²) >= 11 is 1.51. The van der Waals surface area contributed by atoms with E-state index < -0.39 is 17.7 Å². The minimum absolute atomic E-state index is 0.102. The Balaban J connectivity index is 1.69. The van der Waals surface area contributed by atoms with Crippen molar-refractivity contribution in [3.05, 3.63) is 59.0 Å². The van der Waals surface area contributed by atoms with Crippen LogP contribution in [0.25, 0.3) is 10.8 Å². The quantitative estimate of drug-likeness (QED) is 0.642. The molecule has 1 unspecified atom stereocenters. The van der Waals surface area contributed by atoms with Gasteiger partial charge in [0.15, 0.2) is 0 Å². The van der Waals surface area contributed by atoms with Crippen molar-refractivity contribution in [1.29, 1.82) is 0 Å². The predicted octanol–water partition coefficient (Wildman–Crippen LogP) is 4.89. The van der Waals surface area contributed by atoms with E-state index in [1.165, 1.54) is 11.3 Å². The summed E-state index contributed by atoms with van der Waals surface area (Å²) < 4.78 is 5.33. The van der Waals surface area contributed by atoms with Crippen molar-refractivity contribution in [1.82, 2.24) is 10.3 Å². The third-order valence-corrected chi connectivity index (χ3v) is 4.65. The SMILES string of the molecule is CC(C)(C)OC(=O)NC(CC(=O)Nc1ccc2cnccc2c1)c1ccsc1. The summed E-state index contributed by atoms with van der Waals surface area (Å²) in [5.74, 6) is -0.194. The molecular formula is C21H23N3O3S. The van der Waals surface area contributed by atoms with Crippen LogP contribution in [0.3, 0.4) is 0 Å². The first-order chi connectivity index (χ1) is 13.3. The number of alkyl carbamates (subject to hydrolysis) is 1. The highest BCUT2D eigenvalue weighted by Crippen LogP contribution is 2.23. The molecule has 2 heterocycles. The maximum absolute atomic E-state index is 12.6. The van der Waals surface area contributed by atoms with Crippen LogP contribution in [0.4, 0.5) is 10.5 Å². The summed E-state index contributed by atoms with van der Waals surface area (Å²) in [6, 6.07) is 8.96. The Morgan fingerprint density at radius 2 is 2.00 bits per heavy atom. The number of anilines is 1. The standard InChI is InChI=1S/C21H23N3O3S/c1-21(2,3)27-20(26)24-18(16-7-9-28-13-16)11-19(25)23-17-5-4-15-12-22-8-6-14(15)10-17/h4-10,12-13,18H,11H2,1-3H3,(H,23,25)(H,24,26). The molecule has 0 aliphatic carbocycles. The van der Waals surface area contributed by atoms with Gasteiger partial charge < -0.3 is 15.4 Å². The molecule has 0 radical (unpaired) electrons. The van der Waals surface area contributed by atoms with E-state index in [9.17, 15) is 9.59 Å². The Hall–Kier alpha value is -2.93. The number of hydrogen-bond acceptors (Lipinski definition) is 5. The van der Waals surface area contributed by atoms with Gasteiger partial charge >= 0.3 is 6.09 Å². The first-order valence-corrected chi connectivity index (χ1v) is 9.90. The zero-order valence-electron chi connectivity index (χ0n) is 16.1. The number of rotatable bonds is 5. The number of hydrogen-bond donors (Lipinski definition) is 2. The Labute approximate surface area is 167 Å². The van der Waals surface area contributed by atoms with Gasteiger partial charge in [0.1, 0.15) is 5.60 Å². The van der Waals surface area contributed by atoms with Crippen molar-refractivity contribution in [2.24, 2.45) is 0 Å². The number of aromatic nitrogens is 1. The minimum atomic E-state index is -0.606. The van der Waals surface area contributed by atoms with Crippen molar-refractivity contribution in [2.75, 3.05) is 5.32 Å². The molecule has 0 aliphatic rings. The molecule has 2 aromatic heterocycles. The number of carbonyl (C=O) groups excluding carboxylic acids is 2. The van der Waals surface area contributed by atoms with E-state index in [0.29, 0.717) is 5.69 Å². The molecule has 1 aromatic carbocycles. The van der Waals surface area contributed by atoms with Gasteiger partial charge in [0.25, 0.3) is 0 Å². The van der Waals surface area contributed by atoms with Crippen LogP contribution >= 0.6 is 11.3 Å². The van der Waals surface area contributed by atoms with Crippen LogP contribution in [-0.2, 0) is 9.53 Å². The number of nitrogens with zero attached hydrogens (tertiary/aromatic N) is 1. The number of thiophene rings is 1. The molecule has 0 spiro atoms. The Kier molecular flexibility index (Phi) is 5.94. The molecule has 0 aliphatic heterocycles. The highest BCUT2D eigenvalue weighted by molar-refractivity contribution is 7.08. The highest BCUT2D eigenvalue weighted by Gasteiger charge is 2.23. The second-order valence-electron chi connectivity index (χ2n) is 7.45. The second-order valence-corrected chi connectivity index (χ2v) is 8.23. The molecule has 0 fully saturated rings. The van der Waals surface area contributed by atoms with Crippen molar-refractivity contribution in [3.8, 4) is 0 Å². The lowest BCUT2D eigenvalue weighted by molar-refractivity contribution is -0.116. The molecule has 28 heavy (non-hydrogen) atoms. The average molecular weight is 398 g/mol. The number of benzene rings is 1. The van der Waals surface area contributed by atoms with Crippen LogP contribution in [0.2, 0.25) is 0 Å². The van der Waals surface area contributed by atoms with Gasteiger partial charge in [-0.25, -0.2) is 4.79 Å². The molecule has 6 nitrogen and oxygen atoms in total. The summed E-state index contributed by atoms with van der Waals surface area (Å²) in [4.78, 5) is 28.9. The monoisotopic (exact) mass is 397 g/mol. The summed E-state index contributed by atoms with van der Waals surface area (Å²) in [7, 11) is 0. The molecule has 146 valence electrons. The van der Waals surface area contributed by atoms with Gasteiger partial charge in [-0.05, 0) is 66.7 Å². The fraction of sp³-hybridized carbons (Fsp3) is 0.286. The Bertz CT molecular complexity index is 964. The van der Waals surface area contributed by atoms with Crippen LogP contribution in [-0.4, -0.2) is 22.6 Å². The van der Waals surface area contributed by atoms with Crippen molar-refractivity contribution < 1.29 is 14.3 Å². The molecule has 0 saturated heterocycles. The summed E-state index contributed by atoms with van der Waals surface area (Å²) in [6.07, 6.45) is 3.04. The maximum Gasteiger partial charge on any atom is 0.408 e. The van der Waals surface area contributed by atoms with Crippen molar-refractivity contribution >= 4 is 39.8 Å². The zero-order chi connectivity index (χ0) is 20.1.